The van der Waals surface area contributed by atoms with Crippen molar-refractivity contribution in [3.63, 3.8) is 0 Å². The summed E-state index contributed by atoms with van der Waals surface area (Å²) in [5, 5.41) is 0. The van der Waals surface area contributed by atoms with Crippen molar-refractivity contribution in [2.45, 2.75) is 26.7 Å². The molecule has 0 fully saturated rings. The largest absolute Gasteiger partial charge is 0.286 e. The minimum absolute atomic E-state index is 0.102. The van der Waals surface area contributed by atoms with Gasteiger partial charge in [-0.1, -0.05) is 6.92 Å². The van der Waals surface area contributed by atoms with Gasteiger partial charge in [0, 0.05) is 20.4 Å². The summed E-state index contributed by atoms with van der Waals surface area (Å²) in [4.78, 5) is 22.6. The number of carbonyl (C=O) groups is 2. The molecule has 0 unspecified atom stereocenters. The Bertz CT molecular complexity index is 143. The van der Waals surface area contributed by atoms with Crippen LogP contribution in [0.2, 0.25) is 0 Å². The molecule has 0 N–H and O–H groups in total. The summed E-state index contributed by atoms with van der Waals surface area (Å²) >= 11 is 0. The summed E-state index contributed by atoms with van der Waals surface area (Å²) < 4.78 is 0. The summed E-state index contributed by atoms with van der Waals surface area (Å²) in [7, 11) is 1.50. The van der Waals surface area contributed by atoms with Gasteiger partial charge in [-0.05, 0) is 6.42 Å². The van der Waals surface area contributed by atoms with Crippen LogP contribution in [0.5, 0.6) is 0 Å². The first-order valence-corrected chi connectivity index (χ1v) is 3.36. The van der Waals surface area contributed by atoms with Crippen LogP contribution in [0.25, 0.3) is 0 Å². The smallest absolute Gasteiger partial charge is 0.228 e. The van der Waals surface area contributed by atoms with Crippen molar-refractivity contribution in [3.05, 3.63) is 0 Å². The van der Waals surface area contributed by atoms with E-state index in [1.165, 1.54) is 14.0 Å². The summed E-state index contributed by atoms with van der Waals surface area (Å²) in [6.45, 7) is 3.29. The highest BCUT2D eigenvalue weighted by Crippen LogP contribution is 1.93. The lowest BCUT2D eigenvalue weighted by molar-refractivity contribution is -0.141. The number of imide groups is 1. The fourth-order valence-electron chi connectivity index (χ4n) is 0.557. The van der Waals surface area contributed by atoms with Crippen molar-refractivity contribution < 1.29 is 9.59 Å². The van der Waals surface area contributed by atoms with E-state index >= 15 is 0 Å². The summed E-state index contributed by atoms with van der Waals surface area (Å²) in [6.07, 6.45) is 1.24. The Morgan fingerprint density at radius 2 is 1.90 bits per heavy atom. The number of hydrogen-bond acceptors (Lipinski definition) is 2. The summed E-state index contributed by atoms with van der Waals surface area (Å²) in [5.74, 6) is -0.298. The van der Waals surface area contributed by atoms with E-state index in [2.05, 4.69) is 0 Å². The Kier molecular flexibility index (Phi) is 3.69. The Labute approximate surface area is 61.0 Å². The van der Waals surface area contributed by atoms with E-state index in [-0.39, 0.29) is 11.8 Å². The number of carbonyl (C=O) groups excluding carboxylic acids is 2. The van der Waals surface area contributed by atoms with Crippen LogP contribution in [0.15, 0.2) is 0 Å². The van der Waals surface area contributed by atoms with E-state index in [0.717, 1.165) is 11.3 Å². The van der Waals surface area contributed by atoms with Crippen LogP contribution in [0.3, 0.4) is 0 Å². The highest BCUT2D eigenvalue weighted by Gasteiger charge is 2.09. The lowest BCUT2D eigenvalue weighted by Crippen LogP contribution is -2.30. The van der Waals surface area contributed by atoms with Crippen molar-refractivity contribution in [2.24, 2.45) is 0 Å². The standard InChI is InChI=1S/C7H13NO2/c1-4-5-7(10)8(3)6(2)9/h4-5H2,1-3H3. The third-order valence-electron chi connectivity index (χ3n) is 1.31. The quantitative estimate of drug-likeness (QED) is 0.573. The van der Waals surface area contributed by atoms with E-state index in [4.69, 9.17) is 0 Å². The van der Waals surface area contributed by atoms with E-state index < -0.39 is 0 Å². The molecule has 0 saturated carbocycles. The minimum Gasteiger partial charge on any atom is -0.286 e. The van der Waals surface area contributed by atoms with E-state index in [9.17, 15) is 9.59 Å². The lowest BCUT2D eigenvalue weighted by Gasteiger charge is -2.10. The highest BCUT2D eigenvalue weighted by atomic mass is 16.2. The van der Waals surface area contributed by atoms with Crippen molar-refractivity contribution in [1.29, 1.82) is 0 Å². The fraction of sp³-hybridized carbons (Fsp3) is 0.714. The molecule has 0 radical (unpaired) electrons. The maximum atomic E-state index is 10.9. The average molecular weight is 143 g/mol. The van der Waals surface area contributed by atoms with Crippen molar-refractivity contribution in [1.82, 2.24) is 4.90 Å². The van der Waals surface area contributed by atoms with Gasteiger partial charge in [-0.15, -0.1) is 0 Å². The van der Waals surface area contributed by atoms with Crippen LogP contribution in [-0.4, -0.2) is 23.8 Å². The van der Waals surface area contributed by atoms with E-state index in [1.54, 1.807) is 0 Å². The first kappa shape index (κ1) is 9.14. The van der Waals surface area contributed by atoms with Gasteiger partial charge in [0.25, 0.3) is 0 Å². The van der Waals surface area contributed by atoms with Gasteiger partial charge < -0.3 is 0 Å². The second-order valence-corrected chi connectivity index (χ2v) is 2.22. The molecular formula is C7H13NO2. The van der Waals surface area contributed by atoms with Gasteiger partial charge in [0.15, 0.2) is 0 Å². The Morgan fingerprint density at radius 1 is 1.40 bits per heavy atom. The van der Waals surface area contributed by atoms with Gasteiger partial charge in [-0.25, -0.2) is 0 Å². The van der Waals surface area contributed by atoms with Gasteiger partial charge in [0.1, 0.15) is 0 Å². The third-order valence-corrected chi connectivity index (χ3v) is 1.31. The molecule has 0 aromatic heterocycles. The second kappa shape index (κ2) is 4.04. The summed E-state index contributed by atoms with van der Waals surface area (Å²) in [6, 6.07) is 0. The minimum atomic E-state index is -0.196. The molecule has 10 heavy (non-hydrogen) atoms. The Balaban J connectivity index is 3.82. The monoisotopic (exact) mass is 143 g/mol. The second-order valence-electron chi connectivity index (χ2n) is 2.22. The molecule has 0 aliphatic carbocycles. The zero-order chi connectivity index (χ0) is 8.15. The zero-order valence-corrected chi connectivity index (χ0v) is 6.68. The number of nitrogens with zero attached hydrogens (tertiary/aromatic N) is 1. The molecular weight excluding hydrogens is 130 g/mol. The maximum absolute atomic E-state index is 10.9. The zero-order valence-electron chi connectivity index (χ0n) is 6.68. The highest BCUT2D eigenvalue weighted by molar-refractivity contribution is 5.93. The SMILES string of the molecule is CCCC(=O)N(C)C(C)=O. The molecule has 0 rings (SSSR count). The molecule has 0 aromatic carbocycles. The average Bonchev–Trinajstić information content (AvgIpc) is 1.87. The van der Waals surface area contributed by atoms with Crippen LogP contribution in [-0.2, 0) is 9.59 Å². The summed E-state index contributed by atoms with van der Waals surface area (Å²) in [5.41, 5.74) is 0. The van der Waals surface area contributed by atoms with Crippen LogP contribution < -0.4 is 0 Å². The fourth-order valence-corrected chi connectivity index (χ4v) is 0.557. The molecule has 0 saturated heterocycles. The molecule has 0 aliphatic heterocycles. The Morgan fingerprint density at radius 3 is 2.20 bits per heavy atom. The first-order valence-electron chi connectivity index (χ1n) is 3.36. The van der Waals surface area contributed by atoms with Gasteiger partial charge >= 0.3 is 0 Å². The normalized spacial score (nSPS) is 9.10. The molecule has 0 atom stereocenters. The van der Waals surface area contributed by atoms with Gasteiger partial charge in [0.05, 0.1) is 0 Å². The number of rotatable bonds is 2. The first-order chi connectivity index (χ1) is 4.59. The van der Waals surface area contributed by atoms with Crippen molar-refractivity contribution in [2.75, 3.05) is 7.05 Å². The van der Waals surface area contributed by atoms with Crippen LogP contribution in [0.4, 0.5) is 0 Å². The molecule has 0 bridgehead atoms. The van der Waals surface area contributed by atoms with E-state index in [1.807, 2.05) is 6.92 Å². The van der Waals surface area contributed by atoms with Gasteiger partial charge in [0.2, 0.25) is 11.8 Å². The predicted octanol–water partition coefficient (Wildman–Crippen LogP) is 0.791. The van der Waals surface area contributed by atoms with Crippen LogP contribution >= 0.6 is 0 Å². The lowest BCUT2D eigenvalue weighted by atomic mass is 10.3. The molecule has 0 aromatic rings. The molecule has 2 amide bonds. The van der Waals surface area contributed by atoms with E-state index in [0.29, 0.717) is 6.42 Å². The van der Waals surface area contributed by atoms with Gasteiger partial charge in [-0.2, -0.15) is 0 Å². The molecule has 58 valence electrons. The number of hydrogen-bond donors (Lipinski definition) is 0. The van der Waals surface area contributed by atoms with Crippen LogP contribution in [0, 0.1) is 0 Å². The predicted molar refractivity (Wildman–Crippen MR) is 38.4 cm³/mol. The molecule has 3 nitrogen and oxygen atoms in total. The molecule has 0 spiro atoms. The van der Waals surface area contributed by atoms with Crippen LogP contribution in [0.1, 0.15) is 26.7 Å². The molecule has 0 heterocycles. The topological polar surface area (TPSA) is 37.4 Å². The Hall–Kier alpha value is -0.860. The van der Waals surface area contributed by atoms with Crippen molar-refractivity contribution >= 4 is 11.8 Å². The number of amides is 2. The molecule has 3 heteroatoms. The maximum Gasteiger partial charge on any atom is 0.228 e. The van der Waals surface area contributed by atoms with Gasteiger partial charge in [-0.3, -0.25) is 14.5 Å². The molecule has 0 aliphatic rings. The third kappa shape index (κ3) is 2.62. The van der Waals surface area contributed by atoms with Crippen molar-refractivity contribution in [3.8, 4) is 0 Å².